The maximum Gasteiger partial charge on any atom is 0.148 e. The molecule has 3 heteroatoms. The average molecular weight is 269 g/mol. The largest absolute Gasteiger partial charge is 0.481 e. The number of hydrogen-bond donors (Lipinski definition) is 0. The third kappa shape index (κ3) is 3.66. The number of hydrogen-bond acceptors (Lipinski definition) is 3. The lowest BCUT2D eigenvalue weighted by atomic mass is 10.1. The highest BCUT2D eigenvalue weighted by Gasteiger charge is 2.14. The molecule has 104 valence electrons. The predicted molar refractivity (Wildman–Crippen MR) is 79.4 cm³/mol. The molecule has 1 heterocycles. The van der Waals surface area contributed by atoms with Crippen LogP contribution in [0.15, 0.2) is 47.1 Å². The van der Waals surface area contributed by atoms with E-state index in [2.05, 4.69) is 30.9 Å². The van der Waals surface area contributed by atoms with E-state index < -0.39 is 0 Å². The normalized spacial score (nSPS) is 12.1. The van der Waals surface area contributed by atoms with Gasteiger partial charge in [-0.3, -0.25) is 4.90 Å². The van der Waals surface area contributed by atoms with E-state index in [9.17, 15) is 0 Å². The first-order chi connectivity index (χ1) is 9.70. The SMILES string of the molecule is C#CCOc1cccc(CN(C)[C@@H](C)c2ccco2)c1. The second-order valence-electron chi connectivity index (χ2n) is 4.75. The van der Waals surface area contributed by atoms with Gasteiger partial charge in [-0.1, -0.05) is 18.1 Å². The molecule has 0 aliphatic heterocycles. The molecule has 0 unspecified atom stereocenters. The van der Waals surface area contributed by atoms with Crippen LogP contribution in [0.1, 0.15) is 24.3 Å². The minimum atomic E-state index is 0.222. The monoisotopic (exact) mass is 269 g/mol. The Morgan fingerprint density at radius 1 is 1.35 bits per heavy atom. The van der Waals surface area contributed by atoms with Gasteiger partial charge < -0.3 is 9.15 Å². The van der Waals surface area contributed by atoms with E-state index in [4.69, 9.17) is 15.6 Å². The van der Waals surface area contributed by atoms with E-state index >= 15 is 0 Å². The number of furan rings is 1. The molecule has 20 heavy (non-hydrogen) atoms. The van der Waals surface area contributed by atoms with Crippen molar-refractivity contribution in [2.24, 2.45) is 0 Å². The van der Waals surface area contributed by atoms with Crippen molar-refractivity contribution in [3.05, 3.63) is 54.0 Å². The lowest BCUT2D eigenvalue weighted by Gasteiger charge is -2.23. The maximum atomic E-state index is 5.44. The van der Waals surface area contributed by atoms with Crippen LogP contribution in [0.5, 0.6) is 5.75 Å². The maximum absolute atomic E-state index is 5.44. The van der Waals surface area contributed by atoms with E-state index in [0.29, 0.717) is 6.61 Å². The Morgan fingerprint density at radius 3 is 2.90 bits per heavy atom. The third-order valence-corrected chi connectivity index (χ3v) is 3.27. The number of rotatable bonds is 6. The zero-order valence-corrected chi connectivity index (χ0v) is 11.9. The summed E-state index contributed by atoms with van der Waals surface area (Å²) in [6.45, 7) is 3.23. The third-order valence-electron chi connectivity index (χ3n) is 3.27. The molecule has 0 radical (unpaired) electrons. The number of ether oxygens (including phenoxy) is 1. The molecule has 0 spiro atoms. The van der Waals surface area contributed by atoms with E-state index in [-0.39, 0.29) is 6.04 Å². The summed E-state index contributed by atoms with van der Waals surface area (Å²) in [5.74, 6) is 4.24. The summed E-state index contributed by atoms with van der Waals surface area (Å²) in [5.41, 5.74) is 1.18. The van der Waals surface area contributed by atoms with Crippen LogP contribution < -0.4 is 4.74 Å². The summed E-state index contributed by atoms with van der Waals surface area (Å²) in [4.78, 5) is 2.22. The molecule has 3 nitrogen and oxygen atoms in total. The van der Waals surface area contributed by atoms with Crippen LogP contribution in [0, 0.1) is 12.3 Å². The van der Waals surface area contributed by atoms with Crippen LogP contribution in [0.2, 0.25) is 0 Å². The molecular weight excluding hydrogens is 250 g/mol. The van der Waals surface area contributed by atoms with Gasteiger partial charge in [0.15, 0.2) is 0 Å². The number of benzene rings is 1. The smallest absolute Gasteiger partial charge is 0.148 e. The number of nitrogens with zero attached hydrogens (tertiary/aromatic N) is 1. The molecule has 0 saturated heterocycles. The zero-order valence-electron chi connectivity index (χ0n) is 11.9. The fourth-order valence-corrected chi connectivity index (χ4v) is 2.03. The van der Waals surface area contributed by atoms with Crippen molar-refractivity contribution in [1.82, 2.24) is 4.90 Å². The highest BCUT2D eigenvalue weighted by molar-refractivity contribution is 5.29. The molecule has 0 N–H and O–H groups in total. The molecule has 0 bridgehead atoms. The predicted octanol–water partition coefficient (Wildman–Crippen LogP) is 3.48. The molecule has 2 aromatic rings. The van der Waals surface area contributed by atoms with Crippen LogP contribution in [0.25, 0.3) is 0 Å². The topological polar surface area (TPSA) is 25.6 Å². The van der Waals surface area contributed by atoms with Crippen molar-refractivity contribution in [3.63, 3.8) is 0 Å². The Kier molecular flexibility index (Phi) is 4.86. The Bertz CT molecular complexity index is 569. The molecule has 1 atom stereocenters. The molecule has 0 saturated carbocycles. The summed E-state index contributed by atoms with van der Waals surface area (Å²) in [6, 6.07) is 12.1. The van der Waals surface area contributed by atoms with Gasteiger partial charge in [-0.25, -0.2) is 0 Å². The summed E-state index contributed by atoms with van der Waals surface area (Å²) >= 11 is 0. The molecule has 0 fully saturated rings. The van der Waals surface area contributed by atoms with Gasteiger partial charge in [-0.2, -0.15) is 0 Å². The fraction of sp³-hybridized carbons (Fsp3) is 0.294. The van der Waals surface area contributed by atoms with Crippen molar-refractivity contribution in [2.45, 2.75) is 19.5 Å². The quantitative estimate of drug-likeness (QED) is 0.751. The van der Waals surface area contributed by atoms with Crippen LogP contribution in [0.4, 0.5) is 0 Å². The van der Waals surface area contributed by atoms with Gasteiger partial charge in [0.2, 0.25) is 0 Å². The van der Waals surface area contributed by atoms with Gasteiger partial charge in [0, 0.05) is 6.54 Å². The first-order valence-electron chi connectivity index (χ1n) is 6.59. The van der Waals surface area contributed by atoms with Crippen molar-refractivity contribution in [2.75, 3.05) is 13.7 Å². The molecule has 1 aromatic heterocycles. The van der Waals surface area contributed by atoms with Crippen molar-refractivity contribution < 1.29 is 9.15 Å². The lowest BCUT2D eigenvalue weighted by Crippen LogP contribution is -2.21. The van der Waals surface area contributed by atoms with Gasteiger partial charge in [-0.15, -0.1) is 6.42 Å². The van der Waals surface area contributed by atoms with Crippen LogP contribution in [-0.2, 0) is 6.54 Å². The van der Waals surface area contributed by atoms with E-state index in [1.54, 1.807) is 6.26 Å². The highest BCUT2D eigenvalue weighted by Crippen LogP contribution is 2.22. The second-order valence-corrected chi connectivity index (χ2v) is 4.75. The molecule has 0 aliphatic carbocycles. The average Bonchev–Trinajstić information content (AvgIpc) is 2.98. The minimum absolute atomic E-state index is 0.222. The van der Waals surface area contributed by atoms with Gasteiger partial charge in [-0.05, 0) is 43.8 Å². The zero-order chi connectivity index (χ0) is 14.4. The van der Waals surface area contributed by atoms with E-state index in [1.165, 1.54) is 5.56 Å². The molecule has 0 aliphatic rings. The minimum Gasteiger partial charge on any atom is -0.481 e. The lowest BCUT2D eigenvalue weighted by molar-refractivity contribution is 0.223. The Balaban J connectivity index is 2.00. The molecule has 1 aromatic carbocycles. The molecule has 2 rings (SSSR count). The van der Waals surface area contributed by atoms with Crippen molar-refractivity contribution >= 4 is 0 Å². The van der Waals surface area contributed by atoms with Crippen LogP contribution in [-0.4, -0.2) is 18.6 Å². The Morgan fingerprint density at radius 2 is 2.20 bits per heavy atom. The van der Waals surface area contributed by atoms with Crippen molar-refractivity contribution in [1.29, 1.82) is 0 Å². The summed E-state index contributed by atoms with van der Waals surface area (Å²) in [6.07, 6.45) is 6.90. The Hall–Kier alpha value is -2.18. The second kappa shape index (κ2) is 6.83. The summed E-state index contributed by atoms with van der Waals surface area (Å²) < 4.78 is 10.9. The Labute approximate surface area is 120 Å². The van der Waals surface area contributed by atoms with Gasteiger partial charge in [0.05, 0.1) is 12.3 Å². The fourth-order valence-electron chi connectivity index (χ4n) is 2.03. The summed E-state index contributed by atoms with van der Waals surface area (Å²) in [7, 11) is 2.07. The first kappa shape index (κ1) is 14.2. The summed E-state index contributed by atoms with van der Waals surface area (Å²) in [5, 5.41) is 0. The standard InChI is InChI=1S/C17H19NO2/c1-4-10-19-16-8-5-7-15(12-16)13-18(3)14(2)17-9-6-11-20-17/h1,5-9,11-12,14H,10,13H2,2-3H3/t14-/m0/s1. The molecule has 0 amide bonds. The van der Waals surface area contributed by atoms with E-state index in [1.807, 2.05) is 30.3 Å². The first-order valence-corrected chi connectivity index (χ1v) is 6.59. The van der Waals surface area contributed by atoms with Gasteiger partial charge in [0.1, 0.15) is 18.1 Å². The number of terminal acetylenes is 1. The highest BCUT2D eigenvalue weighted by atomic mass is 16.5. The van der Waals surface area contributed by atoms with Crippen LogP contribution in [0.3, 0.4) is 0 Å². The van der Waals surface area contributed by atoms with E-state index in [0.717, 1.165) is 18.1 Å². The molecular formula is C17H19NO2. The van der Waals surface area contributed by atoms with Crippen LogP contribution >= 0.6 is 0 Å². The van der Waals surface area contributed by atoms with Gasteiger partial charge >= 0.3 is 0 Å². The van der Waals surface area contributed by atoms with Crippen molar-refractivity contribution in [3.8, 4) is 18.1 Å². The van der Waals surface area contributed by atoms with Gasteiger partial charge in [0.25, 0.3) is 0 Å².